The zero-order valence-corrected chi connectivity index (χ0v) is 39.9. The number of carbonyl (C=O) groups excluding carboxylic acids is 1. The van der Waals surface area contributed by atoms with E-state index in [4.69, 9.17) is 0 Å². The van der Waals surface area contributed by atoms with Crippen molar-refractivity contribution in [1.82, 2.24) is 5.32 Å². The molecule has 0 aromatic heterocycles. The predicted molar refractivity (Wildman–Crippen MR) is 259 cm³/mol. The van der Waals surface area contributed by atoms with Crippen LogP contribution in [0, 0.1) is 0 Å². The van der Waals surface area contributed by atoms with Crippen LogP contribution in [0.2, 0.25) is 0 Å². The molecule has 0 aromatic carbocycles. The van der Waals surface area contributed by atoms with Gasteiger partial charge in [-0.25, -0.2) is 0 Å². The number of hydrogen-bond acceptors (Lipinski definition) is 4. The standard InChI is InChI=1S/C54H105NO4/c1-3-5-7-9-11-13-15-17-19-21-23-24-25-26-27-28-29-31-33-35-37-39-41-43-45-47-49-53(58)55-51(50-56)54(59)52(57)48-46-44-42-40-38-36-34-32-30-22-20-18-16-14-12-10-8-6-4-2/h32,34,40,42,51-52,54,56-57,59H,3-31,33,35-39,41,43-50H2,1-2H3,(H,55,58)/b34-32+,42-40+. The average molecular weight is 832 g/mol. The van der Waals surface area contributed by atoms with E-state index >= 15 is 0 Å². The van der Waals surface area contributed by atoms with E-state index < -0.39 is 18.2 Å². The normalized spacial score (nSPS) is 13.5. The smallest absolute Gasteiger partial charge is 0.220 e. The predicted octanol–water partition coefficient (Wildman–Crippen LogP) is 16.1. The average Bonchev–Trinajstić information content (AvgIpc) is 3.24. The third-order valence-corrected chi connectivity index (χ3v) is 12.5. The van der Waals surface area contributed by atoms with Crippen LogP contribution < -0.4 is 5.32 Å². The molecule has 3 atom stereocenters. The van der Waals surface area contributed by atoms with Gasteiger partial charge in [0.05, 0.1) is 18.8 Å². The fourth-order valence-electron chi connectivity index (χ4n) is 8.42. The number of hydrogen-bond donors (Lipinski definition) is 4. The van der Waals surface area contributed by atoms with E-state index in [2.05, 4.69) is 43.5 Å². The second kappa shape index (κ2) is 49.5. The first-order valence-corrected chi connectivity index (χ1v) is 26.6. The molecule has 5 heteroatoms. The largest absolute Gasteiger partial charge is 0.394 e. The van der Waals surface area contributed by atoms with Gasteiger partial charge in [-0.1, -0.05) is 256 Å². The molecule has 0 saturated heterocycles. The molecule has 0 fully saturated rings. The molecule has 0 aliphatic rings. The van der Waals surface area contributed by atoms with Crippen molar-refractivity contribution < 1.29 is 20.1 Å². The quantitative estimate of drug-likeness (QED) is 0.0363. The first-order valence-electron chi connectivity index (χ1n) is 26.6. The van der Waals surface area contributed by atoms with E-state index in [1.165, 1.54) is 218 Å². The number of amides is 1. The summed E-state index contributed by atoms with van der Waals surface area (Å²) >= 11 is 0. The summed E-state index contributed by atoms with van der Waals surface area (Å²) in [5.41, 5.74) is 0. The maximum Gasteiger partial charge on any atom is 0.220 e. The van der Waals surface area contributed by atoms with Crippen LogP contribution in [-0.2, 0) is 4.79 Å². The molecule has 0 aromatic rings. The molecule has 0 saturated carbocycles. The van der Waals surface area contributed by atoms with Crippen molar-refractivity contribution in [2.75, 3.05) is 6.61 Å². The summed E-state index contributed by atoms with van der Waals surface area (Å²) in [4.78, 5) is 12.5. The minimum atomic E-state index is -1.16. The lowest BCUT2D eigenvalue weighted by molar-refractivity contribution is -0.124. The highest BCUT2D eigenvalue weighted by molar-refractivity contribution is 5.76. The second-order valence-corrected chi connectivity index (χ2v) is 18.4. The Labute approximate surface area is 369 Å². The van der Waals surface area contributed by atoms with Crippen LogP contribution in [-0.4, -0.2) is 46.1 Å². The van der Waals surface area contributed by atoms with Gasteiger partial charge in [0.25, 0.3) is 0 Å². The lowest BCUT2D eigenvalue weighted by atomic mass is 10.0. The topological polar surface area (TPSA) is 89.8 Å². The number of unbranched alkanes of at least 4 members (excludes halogenated alkanes) is 37. The van der Waals surface area contributed by atoms with Crippen molar-refractivity contribution in [2.45, 2.75) is 308 Å². The number of aliphatic hydroxyl groups excluding tert-OH is 3. The van der Waals surface area contributed by atoms with Crippen LogP contribution in [0.3, 0.4) is 0 Å². The van der Waals surface area contributed by atoms with Gasteiger partial charge < -0.3 is 20.6 Å². The van der Waals surface area contributed by atoms with Gasteiger partial charge in [-0.05, 0) is 51.4 Å². The Hall–Kier alpha value is -1.17. The second-order valence-electron chi connectivity index (χ2n) is 18.4. The molecular weight excluding hydrogens is 727 g/mol. The van der Waals surface area contributed by atoms with Crippen molar-refractivity contribution in [3.05, 3.63) is 24.3 Å². The number of nitrogens with one attached hydrogen (secondary N) is 1. The number of carbonyl (C=O) groups is 1. The van der Waals surface area contributed by atoms with Crippen molar-refractivity contribution in [3.63, 3.8) is 0 Å². The summed E-state index contributed by atoms with van der Waals surface area (Å²) < 4.78 is 0. The molecule has 0 aliphatic carbocycles. The first kappa shape index (κ1) is 57.8. The summed E-state index contributed by atoms with van der Waals surface area (Å²) in [6, 6.07) is -0.829. The van der Waals surface area contributed by atoms with Crippen molar-refractivity contribution in [2.24, 2.45) is 0 Å². The monoisotopic (exact) mass is 832 g/mol. The van der Waals surface area contributed by atoms with Crippen molar-refractivity contribution in [1.29, 1.82) is 0 Å². The van der Waals surface area contributed by atoms with Crippen LogP contribution in [0.25, 0.3) is 0 Å². The maximum absolute atomic E-state index is 12.5. The Morgan fingerprint density at radius 1 is 0.407 bits per heavy atom. The van der Waals surface area contributed by atoms with E-state index in [1.807, 2.05) is 0 Å². The number of rotatable bonds is 49. The SMILES string of the molecule is CCCCCCCCCCCC/C=C/CC/C=C/CCCC(O)C(O)C(CO)NC(=O)CCCCCCCCCCCCCCCCCCCCCCCCCCCC. The fraction of sp³-hybridized carbons (Fsp3) is 0.907. The van der Waals surface area contributed by atoms with E-state index in [1.54, 1.807) is 0 Å². The Morgan fingerprint density at radius 3 is 1.03 bits per heavy atom. The van der Waals surface area contributed by atoms with E-state index in [0.29, 0.717) is 12.8 Å². The van der Waals surface area contributed by atoms with Crippen LogP contribution in [0.4, 0.5) is 0 Å². The molecule has 0 rings (SSSR count). The lowest BCUT2D eigenvalue weighted by Crippen LogP contribution is -2.50. The lowest BCUT2D eigenvalue weighted by Gasteiger charge is -2.26. The van der Waals surface area contributed by atoms with Gasteiger partial charge >= 0.3 is 0 Å². The van der Waals surface area contributed by atoms with Crippen LogP contribution in [0.5, 0.6) is 0 Å². The van der Waals surface area contributed by atoms with Crippen LogP contribution in [0.1, 0.15) is 290 Å². The van der Waals surface area contributed by atoms with Gasteiger partial charge in [-0.2, -0.15) is 0 Å². The third-order valence-electron chi connectivity index (χ3n) is 12.5. The van der Waals surface area contributed by atoms with Gasteiger partial charge in [0.15, 0.2) is 0 Å². The van der Waals surface area contributed by atoms with Crippen molar-refractivity contribution >= 4 is 5.91 Å². The molecule has 4 N–H and O–H groups in total. The van der Waals surface area contributed by atoms with E-state index in [9.17, 15) is 20.1 Å². The van der Waals surface area contributed by atoms with Gasteiger partial charge in [0.1, 0.15) is 6.10 Å². The summed E-state index contributed by atoms with van der Waals surface area (Å²) in [7, 11) is 0. The highest BCUT2D eigenvalue weighted by atomic mass is 16.3. The zero-order valence-electron chi connectivity index (χ0n) is 39.9. The minimum Gasteiger partial charge on any atom is -0.394 e. The van der Waals surface area contributed by atoms with Crippen LogP contribution in [0.15, 0.2) is 24.3 Å². The van der Waals surface area contributed by atoms with Gasteiger partial charge in [-0.3, -0.25) is 4.79 Å². The molecule has 0 radical (unpaired) electrons. The molecule has 0 spiro atoms. The summed E-state index contributed by atoms with van der Waals surface area (Å²) in [6.45, 7) is 4.19. The third kappa shape index (κ3) is 44.7. The zero-order chi connectivity index (χ0) is 43.0. The van der Waals surface area contributed by atoms with E-state index in [-0.39, 0.29) is 12.5 Å². The summed E-state index contributed by atoms with van der Waals surface area (Å²) in [6.07, 6.45) is 61.8. The number of allylic oxidation sites excluding steroid dienone is 4. The molecular formula is C54H105NO4. The van der Waals surface area contributed by atoms with Gasteiger partial charge in [-0.15, -0.1) is 0 Å². The highest BCUT2D eigenvalue weighted by Gasteiger charge is 2.26. The first-order chi connectivity index (χ1) is 29.1. The van der Waals surface area contributed by atoms with Crippen molar-refractivity contribution in [3.8, 4) is 0 Å². The molecule has 3 unspecified atom stereocenters. The summed E-state index contributed by atoms with van der Waals surface area (Å²) in [5, 5.41) is 33.7. The van der Waals surface area contributed by atoms with Gasteiger partial charge in [0, 0.05) is 6.42 Å². The maximum atomic E-state index is 12.5. The minimum absolute atomic E-state index is 0.153. The van der Waals surface area contributed by atoms with Crippen LogP contribution >= 0.6 is 0 Å². The molecule has 59 heavy (non-hydrogen) atoms. The Balaban J connectivity index is 3.57. The molecule has 5 nitrogen and oxygen atoms in total. The molecule has 0 bridgehead atoms. The Kier molecular flexibility index (Phi) is 48.5. The highest BCUT2D eigenvalue weighted by Crippen LogP contribution is 2.17. The Bertz CT molecular complexity index is 874. The molecule has 0 heterocycles. The molecule has 350 valence electrons. The molecule has 0 aliphatic heterocycles. The van der Waals surface area contributed by atoms with E-state index in [0.717, 1.165) is 44.9 Å². The number of aliphatic hydroxyl groups is 3. The van der Waals surface area contributed by atoms with Gasteiger partial charge in [0.2, 0.25) is 5.91 Å². The Morgan fingerprint density at radius 2 is 0.695 bits per heavy atom. The molecule has 1 amide bonds. The summed E-state index contributed by atoms with van der Waals surface area (Å²) in [5.74, 6) is -0.153. The fourth-order valence-corrected chi connectivity index (χ4v) is 8.42.